The van der Waals surface area contributed by atoms with E-state index in [2.05, 4.69) is 58.3 Å². The Kier molecular flexibility index (Phi) is 4.44. The van der Waals surface area contributed by atoms with Gasteiger partial charge in [-0.25, -0.2) is 0 Å². The summed E-state index contributed by atoms with van der Waals surface area (Å²) in [4.78, 5) is 4.85. The molecule has 24 heavy (non-hydrogen) atoms. The predicted octanol–water partition coefficient (Wildman–Crippen LogP) is 3.45. The van der Waals surface area contributed by atoms with Crippen molar-refractivity contribution in [2.75, 3.05) is 36.0 Å². The normalized spacial score (nSPS) is 20.8. The Morgan fingerprint density at radius 3 is 2.42 bits per heavy atom. The second kappa shape index (κ2) is 6.86. The van der Waals surface area contributed by atoms with E-state index in [0.29, 0.717) is 0 Å². The molecule has 1 unspecified atom stereocenters. The van der Waals surface area contributed by atoms with Crippen molar-refractivity contribution in [1.29, 1.82) is 0 Å². The average molecular weight is 322 g/mol. The average Bonchev–Trinajstić information content (AvgIpc) is 3.28. The quantitative estimate of drug-likeness (QED) is 0.934. The molecule has 0 radical (unpaired) electrons. The van der Waals surface area contributed by atoms with E-state index in [1.165, 1.54) is 35.3 Å². The van der Waals surface area contributed by atoms with E-state index in [1.54, 1.807) is 0 Å². The minimum Gasteiger partial charge on any atom is -0.391 e. The van der Waals surface area contributed by atoms with Gasteiger partial charge in [0.05, 0.1) is 6.10 Å². The Bertz CT molecular complexity index is 679. The molecule has 3 nitrogen and oxygen atoms in total. The van der Waals surface area contributed by atoms with E-state index >= 15 is 0 Å². The number of β-amino-alcohol motifs (C(OH)–C–C–N with tert-alkyl or cyclic N) is 1. The monoisotopic (exact) mass is 322 g/mol. The Morgan fingerprint density at radius 2 is 1.71 bits per heavy atom. The van der Waals surface area contributed by atoms with Crippen LogP contribution in [0.4, 0.5) is 11.4 Å². The summed E-state index contributed by atoms with van der Waals surface area (Å²) in [5, 5.41) is 9.84. The third-order valence-electron chi connectivity index (χ3n) is 5.28. The first kappa shape index (κ1) is 15.5. The zero-order valence-electron chi connectivity index (χ0n) is 14.2. The van der Waals surface area contributed by atoms with Gasteiger partial charge in [-0.2, -0.15) is 0 Å². The highest BCUT2D eigenvalue weighted by atomic mass is 16.3. The van der Waals surface area contributed by atoms with Crippen LogP contribution in [0.1, 0.15) is 30.4 Å². The molecular weight excluding hydrogens is 296 g/mol. The summed E-state index contributed by atoms with van der Waals surface area (Å²) in [5.41, 5.74) is 5.41. The lowest BCUT2D eigenvalue weighted by Gasteiger charge is -2.25. The first-order valence-corrected chi connectivity index (χ1v) is 9.14. The Balaban J connectivity index is 1.64. The van der Waals surface area contributed by atoms with Crippen LogP contribution in [-0.2, 0) is 6.42 Å². The molecule has 0 aliphatic carbocycles. The lowest BCUT2D eigenvalue weighted by Crippen LogP contribution is -2.23. The van der Waals surface area contributed by atoms with Crippen LogP contribution in [0.15, 0.2) is 48.5 Å². The molecule has 0 aromatic heterocycles. The second-order valence-electron chi connectivity index (χ2n) is 7.06. The van der Waals surface area contributed by atoms with Crippen LogP contribution < -0.4 is 9.80 Å². The highest BCUT2D eigenvalue weighted by Gasteiger charge is 2.23. The number of rotatable bonds is 4. The molecule has 0 bridgehead atoms. The van der Waals surface area contributed by atoms with Crippen LogP contribution in [-0.4, -0.2) is 37.4 Å². The summed E-state index contributed by atoms with van der Waals surface area (Å²) in [5.74, 6) is 0. The predicted molar refractivity (Wildman–Crippen MR) is 100.0 cm³/mol. The number of hydrogen-bond donors (Lipinski definition) is 1. The summed E-state index contributed by atoms with van der Waals surface area (Å²) in [6.07, 6.45) is 4.26. The molecular formula is C21H26N2O. The first-order valence-electron chi connectivity index (χ1n) is 9.14. The van der Waals surface area contributed by atoms with Gasteiger partial charge in [-0.3, -0.25) is 0 Å². The fourth-order valence-corrected chi connectivity index (χ4v) is 3.94. The molecule has 4 rings (SSSR count). The van der Waals surface area contributed by atoms with Gasteiger partial charge in [0, 0.05) is 37.6 Å². The van der Waals surface area contributed by atoms with Crippen molar-refractivity contribution in [3.63, 3.8) is 0 Å². The molecule has 0 saturated carbocycles. The number of aliphatic hydroxyl groups is 1. The molecule has 2 saturated heterocycles. The van der Waals surface area contributed by atoms with Gasteiger partial charge >= 0.3 is 0 Å². The van der Waals surface area contributed by atoms with Crippen molar-refractivity contribution >= 4 is 11.4 Å². The highest BCUT2D eigenvalue weighted by molar-refractivity contribution is 5.65. The van der Waals surface area contributed by atoms with Gasteiger partial charge in [-0.15, -0.1) is 0 Å². The first-order chi connectivity index (χ1) is 11.8. The number of benzene rings is 2. The topological polar surface area (TPSA) is 26.7 Å². The number of hydrogen-bond acceptors (Lipinski definition) is 3. The minimum atomic E-state index is -0.177. The van der Waals surface area contributed by atoms with Crippen LogP contribution in [0.2, 0.25) is 0 Å². The molecule has 0 amide bonds. The van der Waals surface area contributed by atoms with Crippen molar-refractivity contribution < 1.29 is 5.11 Å². The molecule has 0 spiro atoms. The number of anilines is 2. The van der Waals surface area contributed by atoms with E-state index in [4.69, 9.17) is 0 Å². The molecule has 2 aromatic rings. The molecule has 2 aromatic carbocycles. The summed E-state index contributed by atoms with van der Waals surface area (Å²) in [7, 11) is 0. The number of aliphatic hydroxyl groups excluding tert-OH is 1. The van der Waals surface area contributed by atoms with E-state index in [9.17, 15) is 5.11 Å². The third kappa shape index (κ3) is 3.27. The van der Waals surface area contributed by atoms with E-state index in [1.807, 2.05) is 0 Å². The van der Waals surface area contributed by atoms with Gasteiger partial charge in [0.2, 0.25) is 0 Å². The van der Waals surface area contributed by atoms with Gasteiger partial charge in [-0.05, 0) is 48.9 Å². The smallest absolute Gasteiger partial charge is 0.0731 e. The summed E-state index contributed by atoms with van der Waals surface area (Å²) < 4.78 is 0. The van der Waals surface area contributed by atoms with E-state index < -0.39 is 0 Å². The zero-order chi connectivity index (χ0) is 16.4. The van der Waals surface area contributed by atoms with Gasteiger partial charge in [0.25, 0.3) is 0 Å². The molecule has 1 N–H and O–H groups in total. The van der Waals surface area contributed by atoms with Crippen LogP contribution in [0, 0.1) is 0 Å². The van der Waals surface area contributed by atoms with Crippen LogP contribution >= 0.6 is 0 Å². The standard InChI is InChI=1S/C21H26N2O/c24-20-10-13-23(16-20)19-9-8-18(14-17-6-2-1-3-7-17)21(15-19)22-11-4-5-12-22/h1-3,6-9,15,20,24H,4-5,10-14,16H2. The molecule has 2 heterocycles. The molecule has 2 fully saturated rings. The Hall–Kier alpha value is -2.00. The third-order valence-corrected chi connectivity index (χ3v) is 5.28. The number of nitrogens with zero attached hydrogens (tertiary/aromatic N) is 2. The lowest BCUT2D eigenvalue weighted by molar-refractivity contribution is 0.198. The van der Waals surface area contributed by atoms with Gasteiger partial charge in [0.15, 0.2) is 0 Å². The summed E-state index contributed by atoms with van der Waals surface area (Å²) in [6, 6.07) is 17.6. The van der Waals surface area contributed by atoms with Crippen molar-refractivity contribution in [1.82, 2.24) is 0 Å². The van der Waals surface area contributed by atoms with Crippen LogP contribution in [0.3, 0.4) is 0 Å². The molecule has 2 aliphatic heterocycles. The molecule has 3 heteroatoms. The van der Waals surface area contributed by atoms with Gasteiger partial charge in [-0.1, -0.05) is 36.4 Å². The SMILES string of the molecule is OC1CCN(c2ccc(Cc3ccccc3)c(N3CCCC3)c2)C1. The van der Waals surface area contributed by atoms with Crippen molar-refractivity contribution in [2.24, 2.45) is 0 Å². The highest BCUT2D eigenvalue weighted by Crippen LogP contribution is 2.32. The van der Waals surface area contributed by atoms with Crippen molar-refractivity contribution in [3.8, 4) is 0 Å². The van der Waals surface area contributed by atoms with Gasteiger partial charge in [0.1, 0.15) is 0 Å². The fourth-order valence-electron chi connectivity index (χ4n) is 3.94. The summed E-state index contributed by atoms with van der Waals surface area (Å²) in [6.45, 7) is 4.04. The maximum atomic E-state index is 9.84. The summed E-state index contributed by atoms with van der Waals surface area (Å²) >= 11 is 0. The molecule has 1 atom stereocenters. The van der Waals surface area contributed by atoms with Crippen LogP contribution in [0.25, 0.3) is 0 Å². The maximum absolute atomic E-state index is 9.84. The Labute approximate surface area is 144 Å². The van der Waals surface area contributed by atoms with Gasteiger partial charge < -0.3 is 14.9 Å². The lowest BCUT2D eigenvalue weighted by atomic mass is 10.0. The van der Waals surface area contributed by atoms with Crippen molar-refractivity contribution in [3.05, 3.63) is 59.7 Å². The van der Waals surface area contributed by atoms with E-state index in [0.717, 1.165) is 39.0 Å². The van der Waals surface area contributed by atoms with E-state index in [-0.39, 0.29) is 6.10 Å². The zero-order valence-corrected chi connectivity index (χ0v) is 14.2. The largest absolute Gasteiger partial charge is 0.391 e. The van der Waals surface area contributed by atoms with Crippen molar-refractivity contribution in [2.45, 2.75) is 31.8 Å². The second-order valence-corrected chi connectivity index (χ2v) is 7.06. The Morgan fingerprint density at radius 1 is 0.917 bits per heavy atom. The fraction of sp³-hybridized carbons (Fsp3) is 0.429. The molecule has 2 aliphatic rings. The van der Waals surface area contributed by atoms with Crippen LogP contribution in [0.5, 0.6) is 0 Å². The minimum absolute atomic E-state index is 0.177. The maximum Gasteiger partial charge on any atom is 0.0731 e. The molecule has 126 valence electrons.